The zero-order valence-electron chi connectivity index (χ0n) is 10.9. The molecule has 0 saturated heterocycles. The van der Waals surface area contributed by atoms with Gasteiger partial charge in [0.05, 0.1) is 13.0 Å². The predicted octanol–water partition coefficient (Wildman–Crippen LogP) is 1.70. The number of halogens is 1. The zero-order chi connectivity index (χ0) is 13.7. The van der Waals surface area contributed by atoms with E-state index < -0.39 is 0 Å². The molecule has 0 saturated carbocycles. The Morgan fingerprint density at radius 2 is 2.17 bits per heavy atom. The number of rotatable bonds is 5. The standard InChI is InChI=1S/C13H19FN2O2/c1-9(15)11-5-4-10(8-12(11)14)18-7-6-13(17)16(2)3/h4-5,8-9H,6-7,15H2,1-3H3/t9-/m1/s1. The van der Waals surface area contributed by atoms with Gasteiger partial charge in [0.25, 0.3) is 0 Å². The molecule has 1 aromatic carbocycles. The highest BCUT2D eigenvalue weighted by molar-refractivity contribution is 5.75. The second kappa shape index (κ2) is 6.35. The van der Waals surface area contributed by atoms with Gasteiger partial charge in [-0.05, 0) is 13.0 Å². The number of nitrogens with two attached hydrogens (primary N) is 1. The van der Waals surface area contributed by atoms with Gasteiger partial charge in [0, 0.05) is 31.8 Å². The Morgan fingerprint density at radius 1 is 1.50 bits per heavy atom. The molecule has 0 unspecified atom stereocenters. The third-order valence-corrected chi connectivity index (χ3v) is 2.55. The topological polar surface area (TPSA) is 55.6 Å². The lowest BCUT2D eigenvalue weighted by Crippen LogP contribution is -2.23. The molecule has 0 radical (unpaired) electrons. The number of carbonyl (C=O) groups is 1. The first-order valence-electron chi connectivity index (χ1n) is 5.79. The first-order valence-corrected chi connectivity index (χ1v) is 5.79. The number of hydrogen-bond donors (Lipinski definition) is 1. The van der Waals surface area contributed by atoms with Gasteiger partial charge >= 0.3 is 0 Å². The van der Waals surface area contributed by atoms with Crippen LogP contribution in [0.2, 0.25) is 0 Å². The number of nitrogens with zero attached hydrogens (tertiary/aromatic N) is 1. The van der Waals surface area contributed by atoms with Crippen molar-refractivity contribution in [2.24, 2.45) is 5.73 Å². The Hall–Kier alpha value is -1.62. The van der Waals surface area contributed by atoms with E-state index in [1.54, 1.807) is 33.2 Å². The molecule has 1 rings (SSSR count). The molecule has 0 heterocycles. The monoisotopic (exact) mass is 254 g/mol. The van der Waals surface area contributed by atoms with Gasteiger partial charge in [-0.1, -0.05) is 6.07 Å². The fourth-order valence-electron chi connectivity index (χ4n) is 1.45. The molecule has 0 bridgehead atoms. The summed E-state index contributed by atoms with van der Waals surface area (Å²) in [5.74, 6) is -0.00688. The van der Waals surface area contributed by atoms with Crippen molar-refractivity contribution in [1.82, 2.24) is 4.90 Å². The molecule has 0 aliphatic heterocycles. The minimum atomic E-state index is -0.388. The van der Waals surface area contributed by atoms with Crippen molar-refractivity contribution in [3.05, 3.63) is 29.6 Å². The van der Waals surface area contributed by atoms with Crippen LogP contribution in [0.15, 0.2) is 18.2 Å². The smallest absolute Gasteiger partial charge is 0.225 e. The molecule has 100 valence electrons. The van der Waals surface area contributed by atoms with Crippen molar-refractivity contribution in [1.29, 1.82) is 0 Å². The van der Waals surface area contributed by atoms with Crippen LogP contribution < -0.4 is 10.5 Å². The van der Waals surface area contributed by atoms with Gasteiger partial charge < -0.3 is 15.4 Å². The van der Waals surface area contributed by atoms with E-state index in [0.717, 1.165) is 0 Å². The minimum Gasteiger partial charge on any atom is -0.493 e. The molecule has 1 aromatic rings. The van der Waals surface area contributed by atoms with Crippen LogP contribution >= 0.6 is 0 Å². The van der Waals surface area contributed by atoms with Crippen molar-refractivity contribution in [2.75, 3.05) is 20.7 Å². The zero-order valence-corrected chi connectivity index (χ0v) is 10.9. The largest absolute Gasteiger partial charge is 0.493 e. The average molecular weight is 254 g/mol. The molecule has 18 heavy (non-hydrogen) atoms. The SMILES string of the molecule is C[C@@H](N)c1ccc(OCCC(=O)N(C)C)cc1F. The van der Waals surface area contributed by atoms with Gasteiger partial charge in [-0.15, -0.1) is 0 Å². The van der Waals surface area contributed by atoms with E-state index in [1.165, 1.54) is 11.0 Å². The third kappa shape index (κ3) is 4.00. The van der Waals surface area contributed by atoms with E-state index in [-0.39, 0.29) is 30.8 Å². The second-order valence-corrected chi connectivity index (χ2v) is 4.36. The summed E-state index contributed by atoms with van der Waals surface area (Å²) >= 11 is 0. The first kappa shape index (κ1) is 14.4. The highest BCUT2D eigenvalue weighted by Gasteiger charge is 2.09. The number of amides is 1. The summed E-state index contributed by atoms with van der Waals surface area (Å²) in [6, 6.07) is 4.19. The molecule has 1 atom stereocenters. The summed E-state index contributed by atoms with van der Waals surface area (Å²) < 4.78 is 18.9. The minimum absolute atomic E-state index is 0.0253. The third-order valence-electron chi connectivity index (χ3n) is 2.55. The van der Waals surface area contributed by atoms with Crippen molar-refractivity contribution in [3.63, 3.8) is 0 Å². The second-order valence-electron chi connectivity index (χ2n) is 4.36. The lowest BCUT2D eigenvalue weighted by atomic mass is 10.1. The van der Waals surface area contributed by atoms with Crippen LogP contribution in [-0.2, 0) is 4.79 Å². The predicted molar refractivity (Wildman–Crippen MR) is 67.8 cm³/mol. The van der Waals surface area contributed by atoms with E-state index >= 15 is 0 Å². The highest BCUT2D eigenvalue weighted by atomic mass is 19.1. The van der Waals surface area contributed by atoms with Crippen LogP contribution in [0.4, 0.5) is 4.39 Å². The Morgan fingerprint density at radius 3 is 2.67 bits per heavy atom. The summed E-state index contributed by atoms with van der Waals surface area (Å²) in [5.41, 5.74) is 6.06. The van der Waals surface area contributed by atoms with Gasteiger partial charge in [0.1, 0.15) is 11.6 Å². The van der Waals surface area contributed by atoms with Gasteiger partial charge in [0.2, 0.25) is 5.91 Å². The lowest BCUT2D eigenvalue weighted by molar-refractivity contribution is -0.129. The molecule has 0 aliphatic rings. The Labute approximate surface area is 107 Å². The van der Waals surface area contributed by atoms with Crippen molar-refractivity contribution >= 4 is 5.91 Å². The summed E-state index contributed by atoms with van der Waals surface area (Å²) in [4.78, 5) is 12.8. The molecular weight excluding hydrogens is 235 g/mol. The summed E-state index contributed by atoms with van der Waals surface area (Å²) in [5, 5.41) is 0. The fourth-order valence-corrected chi connectivity index (χ4v) is 1.45. The van der Waals surface area contributed by atoms with E-state index in [0.29, 0.717) is 11.3 Å². The highest BCUT2D eigenvalue weighted by Crippen LogP contribution is 2.20. The average Bonchev–Trinajstić information content (AvgIpc) is 2.28. The van der Waals surface area contributed by atoms with Crippen LogP contribution in [-0.4, -0.2) is 31.5 Å². The van der Waals surface area contributed by atoms with Crippen molar-refractivity contribution in [3.8, 4) is 5.75 Å². The molecule has 0 spiro atoms. The number of ether oxygens (including phenoxy) is 1. The Balaban J connectivity index is 2.54. The molecule has 0 fully saturated rings. The normalized spacial score (nSPS) is 12.1. The van der Waals surface area contributed by atoms with Crippen LogP contribution in [0, 0.1) is 5.82 Å². The molecule has 0 aliphatic carbocycles. The maximum absolute atomic E-state index is 13.6. The number of carbonyl (C=O) groups excluding carboxylic acids is 1. The molecule has 1 amide bonds. The molecule has 2 N–H and O–H groups in total. The molecule has 0 aromatic heterocycles. The summed E-state index contributed by atoms with van der Waals surface area (Å²) in [7, 11) is 3.36. The van der Waals surface area contributed by atoms with Gasteiger partial charge in [-0.2, -0.15) is 0 Å². The number of hydrogen-bond acceptors (Lipinski definition) is 3. The maximum Gasteiger partial charge on any atom is 0.225 e. The van der Waals surface area contributed by atoms with Crippen LogP contribution in [0.5, 0.6) is 5.75 Å². The van der Waals surface area contributed by atoms with Crippen LogP contribution in [0.3, 0.4) is 0 Å². The van der Waals surface area contributed by atoms with Gasteiger partial charge in [-0.3, -0.25) is 4.79 Å². The van der Waals surface area contributed by atoms with Crippen LogP contribution in [0.25, 0.3) is 0 Å². The first-order chi connectivity index (χ1) is 8.41. The van der Waals surface area contributed by atoms with E-state index in [2.05, 4.69) is 0 Å². The van der Waals surface area contributed by atoms with E-state index in [9.17, 15) is 9.18 Å². The molecule has 4 nitrogen and oxygen atoms in total. The van der Waals surface area contributed by atoms with Crippen molar-refractivity contribution in [2.45, 2.75) is 19.4 Å². The quantitative estimate of drug-likeness (QED) is 0.870. The van der Waals surface area contributed by atoms with Gasteiger partial charge in [0.15, 0.2) is 0 Å². The maximum atomic E-state index is 13.6. The molecule has 5 heteroatoms. The summed E-state index contributed by atoms with van der Waals surface area (Å²) in [6.45, 7) is 1.95. The molecular formula is C13H19FN2O2. The Kier molecular flexibility index (Phi) is 5.09. The van der Waals surface area contributed by atoms with E-state index in [4.69, 9.17) is 10.5 Å². The number of benzene rings is 1. The Bertz CT molecular complexity index is 419. The van der Waals surface area contributed by atoms with Gasteiger partial charge in [-0.25, -0.2) is 4.39 Å². The van der Waals surface area contributed by atoms with Crippen LogP contribution in [0.1, 0.15) is 24.9 Å². The lowest BCUT2D eigenvalue weighted by Gasteiger charge is -2.12. The fraction of sp³-hybridized carbons (Fsp3) is 0.462. The van der Waals surface area contributed by atoms with Crippen molar-refractivity contribution < 1.29 is 13.9 Å². The summed E-state index contributed by atoms with van der Waals surface area (Å²) in [6.07, 6.45) is 0.268. The van der Waals surface area contributed by atoms with E-state index in [1.807, 2.05) is 0 Å².